The van der Waals surface area contributed by atoms with Crippen molar-refractivity contribution in [3.05, 3.63) is 85.1 Å². The van der Waals surface area contributed by atoms with Crippen molar-refractivity contribution in [1.82, 2.24) is 15.3 Å². The normalized spacial score (nSPS) is 10.6. The molecule has 11 heteroatoms. The molecule has 0 aliphatic rings. The van der Waals surface area contributed by atoms with Crippen molar-refractivity contribution in [2.24, 2.45) is 0 Å². The summed E-state index contributed by atoms with van der Waals surface area (Å²) in [5.41, 5.74) is 3.61. The summed E-state index contributed by atoms with van der Waals surface area (Å²) in [6.45, 7) is 0.258. The summed E-state index contributed by atoms with van der Waals surface area (Å²) in [6.07, 6.45) is 0. The fourth-order valence-corrected chi connectivity index (χ4v) is 4.29. The number of nitrogens with zero attached hydrogens (tertiary/aromatic N) is 3. The van der Waals surface area contributed by atoms with E-state index in [1.807, 2.05) is 41.1 Å². The van der Waals surface area contributed by atoms with Crippen LogP contribution in [0.3, 0.4) is 0 Å². The Hall–Kier alpha value is -3.83. The number of hydrogen-bond donors (Lipinski definition) is 1. The zero-order chi connectivity index (χ0) is 23.2. The molecule has 0 saturated carbocycles. The second-order valence-corrected chi connectivity index (χ2v) is 8.38. The number of carbonyl (C=O) groups excluding carboxylic acids is 1. The fourth-order valence-electron chi connectivity index (χ4n) is 3.00. The van der Waals surface area contributed by atoms with E-state index in [2.05, 4.69) is 15.3 Å². The van der Waals surface area contributed by atoms with Crippen molar-refractivity contribution in [2.75, 3.05) is 7.11 Å². The Morgan fingerprint density at radius 2 is 2.00 bits per heavy atom. The Morgan fingerprint density at radius 3 is 2.70 bits per heavy atom. The molecule has 0 bridgehead atoms. The first-order valence-corrected chi connectivity index (χ1v) is 11.5. The molecule has 4 rings (SSSR count). The van der Waals surface area contributed by atoms with Crippen molar-refractivity contribution in [1.29, 1.82) is 0 Å². The van der Waals surface area contributed by atoms with E-state index in [1.54, 1.807) is 5.51 Å². The van der Waals surface area contributed by atoms with Crippen molar-refractivity contribution >= 4 is 34.3 Å². The van der Waals surface area contributed by atoms with Crippen LogP contribution >= 0.6 is 22.7 Å². The van der Waals surface area contributed by atoms with Gasteiger partial charge in [0.1, 0.15) is 17.2 Å². The van der Waals surface area contributed by atoms with Gasteiger partial charge in [-0.05, 0) is 0 Å². The largest absolute Gasteiger partial charge is 0.493 e. The van der Waals surface area contributed by atoms with Gasteiger partial charge in [0, 0.05) is 22.4 Å². The summed E-state index contributed by atoms with van der Waals surface area (Å²) >= 11 is 2.81. The van der Waals surface area contributed by atoms with Crippen LogP contribution in [0.5, 0.6) is 11.5 Å². The third kappa shape index (κ3) is 5.33. The van der Waals surface area contributed by atoms with Crippen LogP contribution in [0.15, 0.2) is 58.7 Å². The SMILES string of the molecule is COc1cc(C(=O)NCc2nc(-c3ccccc3)cs2)c([N+](=O)[O-])cc1OCc1cscn1. The number of nitro benzene ring substituents is 1. The van der Waals surface area contributed by atoms with Crippen LogP contribution in [-0.4, -0.2) is 27.9 Å². The maximum Gasteiger partial charge on any atom is 0.286 e. The monoisotopic (exact) mass is 482 g/mol. The standard InChI is InChI=1S/C22H18N4O5S2/c1-30-19-7-16(18(26(28)29)8-20(19)31-10-15-11-32-13-24-15)22(27)23-9-21-25-17(12-33-21)14-5-3-2-4-6-14/h2-8,11-13H,9-10H2,1H3,(H,23,27). The third-order valence-electron chi connectivity index (χ3n) is 4.60. The lowest BCUT2D eigenvalue weighted by molar-refractivity contribution is -0.385. The van der Waals surface area contributed by atoms with Gasteiger partial charge in [-0.1, -0.05) is 30.3 Å². The summed E-state index contributed by atoms with van der Waals surface area (Å²) in [6, 6.07) is 12.2. The van der Waals surface area contributed by atoms with E-state index in [-0.39, 0.29) is 35.9 Å². The molecule has 0 fully saturated rings. The van der Waals surface area contributed by atoms with Crippen LogP contribution in [0.4, 0.5) is 5.69 Å². The van der Waals surface area contributed by atoms with E-state index in [0.717, 1.165) is 11.3 Å². The Balaban J connectivity index is 1.50. The second-order valence-electron chi connectivity index (χ2n) is 6.72. The van der Waals surface area contributed by atoms with E-state index in [9.17, 15) is 14.9 Å². The number of hydrogen-bond acceptors (Lipinski definition) is 9. The van der Waals surface area contributed by atoms with Crippen LogP contribution < -0.4 is 14.8 Å². The van der Waals surface area contributed by atoms with E-state index in [1.165, 1.54) is 41.9 Å². The van der Waals surface area contributed by atoms with Crippen molar-refractivity contribution in [3.8, 4) is 22.8 Å². The molecule has 0 saturated heterocycles. The number of benzene rings is 2. The van der Waals surface area contributed by atoms with Crippen LogP contribution in [-0.2, 0) is 13.2 Å². The van der Waals surface area contributed by atoms with Crippen LogP contribution in [0, 0.1) is 10.1 Å². The smallest absolute Gasteiger partial charge is 0.286 e. The molecule has 168 valence electrons. The molecule has 0 radical (unpaired) electrons. The van der Waals surface area contributed by atoms with Gasteiger partial charge in [0.2, 0.25) is 0 Å². The number of carbonyl (C=O) groups is 1. The van der Waals surface area contributed by atoms with Gasteiger partial charge in [-0.2, -0.15) is 0 Å². The number of nitrogens with one attached hydrogen (secondary N) is 1. The minimum atomic E-state index is -0.624. The highest BCUT2D eigenvalue weighted by atomic mass is 32.1. The minimum absolute atomic E-state index is 0.121. The minimum Gasteiger partial charge on any atom is -0.493 e. The van der Waals surface area contributed by atoms with Gasteiger partial charge in [0.25, 0.3) is 11.6 Å². The van der Waals surface area contributed by atoms with E-state index in [0.29, 0.717) is 10.7 Å². The van der Waals surface area contributed by atoms with Gasteiger partial charge >= 0.3 is 0 Å². The Labute approximate surface area is 196 Å². The van der Waals surface area contributed by atoms with E-state index < -0.39 is 10.8 Å². The molecular weight excluding hydrogens is 464 g/mol. The lowest BCUT2D eigenvalue weighted by atomic mass is 10.1. The molecule has 4 aromatic rings. The number of nitro groups is 1. The molecule has 0 spiro atoms. The summed E-state index contributed by atoms with van der Waals surface area (Å²) < 4.78 is 10.9. The fraction of sp³-hybridized carbons (Fsp3) is 0.136. The Bertz CT molecular complexity index is 1260. The zero-order valence-corrected chi connectivity index (χ0v) is 19.0. The molecule has 2 heterocycles. The summed E-state index contributed by atoms with van der Waals surface area (Å²) in [7, 11) is 1.40. The highest BCUT2D eigenvalue weighted by molar-refractivity contribution is 7.10. The highest BCUT2D eigenvalue weighted by Gasteiger charge is 2.25. The quantitative estimate of drug-likeness (QED) is 0.272. The van der Waals surface area contributed by atoms with Crippen LogP contribution in [0.1, 0.15) is 21.1 Å². The first-order valence-electron chi connectivity index (χ1n) is 9.69. The molecule has 0 unspecified atom stereocenters. The molecular formula is C22H18N4O5S2. The average molecular weight is 483 g/mol. The predicted molar refractivity (Wildman–Crippen MR) is 125 cm³/mol. The van der Waals surface area contributed by atoms with Crippen molar-refractivity contribution in [2.45, 2.75) is 13.2 Å². The Morgan fingerprint density at radius 1 is 1.18 bits per heavy atom. The number of rotatable bonds is 9. The molecule has 9 nitrogen and oxygen atoms in total. The first-order chi connectivity index (χ1) is 16.0. The van der Waals surface area contributed by atoms with Gasteiger partial charge in [-0.3, -0.25) is 14.9 Å². The number of methoxy groups -OCH3 is 1. The molecule has 33 heavy (non-hydrogen) atoms. The average Bonchev–Trinajstić information content (AvgIpc) is 3.53. The molecule has 1 amide bonds. The topological polar surface area (TPSA) is 116 Å². The number of amides is 1. The number of ether oxygens (including phenoxy) is 2. The van der Waals surface area contributed by atoms with Gasteiger partial charge < -0.3 is 14.8 Å². The van der Waals surface area contributed by atoms with Crippen molar-refractivity contribution < 1.29 is 19.2 Å². The molecule has 0 aliphatic carbocycles. The van der Waals surface area contributed by atoms with Gasteiger partial charge in [-0.25, -0.2) is 9.97 Å². The first kappa shape index (κ1) is 22.4. The second kappa shape index (κ2) is 10.2. The number of thiazole rings is 2. The lowest BCUT2D eigenvalue weighted by Crippen LogP contribution is -2.23. The van der Waals surface area contributed by atoms with Crippen molar-refractivity contribution in [3.63, 3.8) is 0 Å². The summed E-state index contributed by atoms with van der Waals surface area (Å²) in [5.74, 6) is -0.245. The Kier molecular flexibility index (Phi) is 6.91. The van der Waals surface area contributed by atoms with Crippen LogP contribution in [0.25, 0.3) is 11.3 Å². The zero-order valence-electron chi connectivity index (χ0n) is 17.4. The van der Waals surface area contributed by atoms with Gasteiger partial charge in [-0.15, -0.1) is 22.7 Å². The summed E-state index contributed by atoms with van der Waals surface area (Å²) in [5, 5.41) is 18.7. The molecule has 0 aliphatic heterocycles. The van der Waals surface area contributed by atoms with Crippen LogP contribution in [0.2, 0.25) is 0 Å². The molecule has 1 N–H and O–H groups in total. The molecule has 0 atom stereocenters. The third-order valence-corrected chi connectivity index (χ3v) is 6.09. The highest BCUT2D eigenvalue weighted by Crippen LogP contribution is 2.35. The predicted octanol–water partition coefficient (Wildman–Crippen LogP) is 4.69. The lowest BCUT2D eigenvalue weighted by Gasteiger charge is -2.12. The van der Waals surface area contributed by atoms with E-state index in [4.69, 9.17) is 9.47 Å². The molecule has 2 aromatic carbocycles. The van der Waals surface area contributed by atoms with Gasteiger partial charge in [0.05, 0.1) is 41.5 Å². The van der Waals surface area contributed by atoms with Gasteiger partial charge in [0.15, 0.2) is 11.5 Å². The summed E-state index contributed by atoms with van der Waals surface area (Å²) in [4.78, 5) is 32.5. The van der Waals surface area contributed by atoms with E-state index >= 15 is 0 Å². The molecule has 2 aromatic heterocycles. The maximum atomic E-state index is 12.8. The number of aromatic nitrogens is 2. The maximum absolute atomic E-state index is 12.8.